The molecule has 0 aromatic heterocycles. The lowest BCUT2D eigenvalue weighted by Gasteiger charge is -2.16. The first kappa shape index (κ1) is 15.0. The van der Waals surface area contributed by atoms with Crippen molar-refractivity contribution in [2.75, 3.05) is 27.2 Å². The Morgan fingerprint density at radius 2 is 1.89 bits per heavy atom. The van der Waals surface area contributed by atoms with Gasteiger partial charge in [0.1, 0.15) is 0 Å². The van der Waals surface area contributed by atoms with Gasteiger partial charge in [-0.25, -0.2) is 9.59 Å². The molecule has 6 heteroatoms. The highest BCUT2D eigenvalue weighted by Gasteiger charge is 2.21. The molecule has 1 rings (SSSR count). The number of carbonyl (C=O) groups excluding carboxylic acids is 1. The van der Waals surface area contributed by atoms with Crippen LogP contribution < -0.4 is 10.6 Å². The molecule has 6 nitrogen and oxygen atoms in total. The molecule has 1 aromatic rings. The number of urea groups is 1. The van der Waals surface area contributed by atoms with Gasteiger partial charge in [0.2, 0.25) is 0 Å². The van der Waals surface area contributed by atoms with E-state index in [1.54, 1.807) is 30.3 Å². The fraction of sp³-hybridized carbons (Fsp3) is 0.385. The minimum absolute atomic E-state index is 0.458. The van der Waals surface area contributed by atoms with E-state index in [4.69, 9.17) is 5.11 Å². The molecule has 0 bridgehead atoms. The molecular formula is C13H19N3O3. The second-order valence-corrected chi connectivity index (χ2v) is 4.39. The van der Waals surface area contributed by atoms with Crippen LogP contribution in [0.2, 0.25) is 0 Å². The maximum absolute atomic E-state index is 11.6. The van der Waals surface area contributed by atoms with Crippen molar-refractivity contribution >= 4 is 12.0 Å². The number of carbonyl (C=O) groups is 2. The largest absolute Gasteiger partial charge is 0.479 e. The van der Waals surface area contributed by atoms with E-state index in [1.165, 1.54) is 0 Å². The average Bonchev–Trinajstić information content (AvgIpc) is 2.36. The predicted octanol–water partition coefficient (Wildman–Crippen LogP) is 0.673. The molecule has 2 amide bonds. The van der Waals surface area contributed by atoms with Crippen LogP contribution in [-0.2, 0) is 4.79 Å². The molecule has 0 radical (unpaired) electrons. The Kier molecular flexibility index (Phi) is 5.81. The van der Waals surface area contributed by atoms with Crippen LogP contribution in [0.15, 0.2) is 30.3 Å². The topological polar surface area (TPSA) is 81.7 Å². The monoisotopic (exact) mass is 265 g/mol. The van der Waals surface area contributed by atoms with Crippen LogP contribution in [0.1, 0.15) is 11.6 Å². The molecule has 0 spiro atoms. The Bertz CT molecular complexity index is 420. The van der Waals surface area contributed by atoms with Gasteiger partial charge in [-0.1, -0.05) is 30.3 Å². The molecule has 1 unspecified atom stereocenters. The third-order valence-corrected chi connectivity index (χ3v) is 2.50. The van der Waals surface area contributed by atoms with Gasteiger partial charge in [-0.3, -0.25) is 0 Å². The number of amides is 2. The zero-order chi connectivity index (χ0) is 14.3. The zero-order valence-electron chi connectivity index (χ0n) is 11.1. The van der Waals surface area contributed by atoms with Crippen LogP contribution in [0.25, 0.3) is 0 Å². The summed E-state index contributed by atoms with van der Waals surface area (Å²) in [6, 6.07) is 7.06. The summed E-state index contributed by atoms with van der Waals surface area (Å²) in [6.45, 7) is 1.15. The highest BCUT2D eigenvalue weighted by atomic mass is 16.4. The number of aliphatic carboxylic acids is 1. The smallest absolute Gasteiger partial charge is 0.330 e. The molecule has 104 valence electrons. The first-order valence-corrected chi connectivity index (χ1v) is 5.97. The summed E-state index contributed by atoms with van der Waals surface area (Å²) in [5.41, 5.74) is 0.540. The summed E-state index contributed by atoms with van der Waals surface area (Å²) in [5, 5.41) is 14.2. The summed E-state index contributed by atoms with van der Waals surface area (Å²) < 4.78 is 0. The molecule has 0 aliphatic heterocycles. The zero-order valence-corrected chi connectivity index (χ0v) is 11.1. The van der Waals surface area contributed by atoms with Gasteiger partial charge in [0, 0.05) is 13.1 Å². The van der Waals surface area contributed by atoms with Crippen molar-refractivity contribution in [1.29, 1.82) is 0 Å². The Morgan fingerprint density at radius 3 is 2.42 bits per heavy atom. The number of hydrogen-bond donors (Lipinski definition) is 3. The van der Waals surface area contributed by atoms with E-state index in [-0.39, 0.29) is 0 Å². The van der Waals surface area contributed by atoms with Gasteiger partial charge in [-0.15, -0.1) is 0 Å². The van der Waals surface area contributed by atoms with Crippen molar-refractivity contribution in [2.24, 2.45) is 0 Å². The van der Waals surface area contributed by atoms with Crippen LogP contribution in [0.4, 0.5) is 4.79 Å². The SMILES string of the molecule is CN(C)CCNC(=O)NC(C(=O)O)c1ccccc1. The third-order valence-electron chi connectivity index (χ3n) is 2.50. The van der Waals surface area contributed by atoms with Crippen molar-refractivity contribution in [2.45, 2.75) is 6.04 Å². The quantitative estimate of drug-likeness (QED) is 0.706. The first-order valence-electron chi connectivity index (χ1n) is 5.97. The average molecular weight is 265 g/mol. The fourth-order valence-electron chi connectivity index (χ4n) is 1.51. The van der Waals surface area contributed by atoms with E-state index in [2.05, 4.69) is 10.6 Å². The molecule has 0 heterocycles. The first-order chi connectivity index (χ1) is 9.00. The summed E-state index contributed by atoms with van der Waals surface area (Å²) >= 11 is 0. The minimum Gasteiger partial charge on any atom is -0.479 e. The Balaban J connectivity index is 2.55. The summed E-state index contributed by atoms with van der Waals surface area (Å²) in [6.07, 6.45) is 0. The van der Waals surface area contributed by atoms with Crippen LogP contribution in [0.5, 0.6) is 0 Å². The van der Waals surface area contributed by atoms with Crippen LogP contribution in [0, 0.1) is 0 Å². The van der Waals surface area contributed by atoms with E-state index >= 15 is 0 Å². The Labute approximate surface area is 112 Å². The van der Waals surface area contributed by atoms with Gasteiger partial charge in [0.05, 0.1) is 0 Å². The van der Waals surface area contributed by atoms with Gasteiger partial charge in [-0.2, -0.15) is 0 Å². The second-order valence-electron chi connectivity index (χ2n) is 4.39. The van der Waals surface area contributed by atoms with Crippen molar-refractivity contribution in [1.82, 2.24) is 15.5 Å². The lowest BCUT2D eigenvalue weighted by molar-refractivity contribution is -0.139. The normalized spacial score (nSPS) is 11.9. The van der Waals surface area contributed by atoms with Gasteiger partial charge in [0.25, 0.3) is 0 Å². The van der Waals surface area contributed by atoms with E-state index < -0.39 is 18.0 Å². The molecule has 0 fully saturated rings. The number of rotatable bonds is 6. The van der Waals surface area contributed by atoms with Gasteiger partial charge < -0.3 is 20.6 Å². The molecule has 19 heavy (non-hydrogen) atoms. The number of nitrogens with zero attached hydrogens (tertiary/aromatic N) is 1. The third kappa shape index (κ3) is 5.39. The van der Waals surface area contributed by atoms with Crippen molar-refractivity contribution < 1.29 is 14.7 Å². The Morgan fingerprint density at radius 1 is 1.26 bits per heavy atom. The number of likely N-dealkylation sites (N-methyl/N-ethyl adjacent to an activating group) is 1. The van der Waals surface area contributed by atoms with Gasteiger partial charge >= 0.3 is 12.0 Å². The Hall–Kier alpha value is -2.08. The summed E-state index contributed by atoms with van der Waals surface area (Å²) in [4.78, 5) is 24.7. The van der Waals surface area contributed by atoms with E-state index in [9.17, 15) is 9.59 Å². The molecule has 0 aliphatic carbocycles. The highest BCUT2D eigenvalue weighted by molar-refractivity contribution is 5.83. The number of carboxylic acid groups (broad SMARTS) is 1. The van der Waals surface area contributed by atoms with E-state index in [0.29, 0.717) is 18.7 Å². The number of nitrogens with one attached hydrogen (secondary N) is 2. The molecular weight excluding hydrogens is 246 g/mol. The van der Waals surface area contributed by atoms with E-state index in [0.717, 1.165) is 0 Å². The second kappa shape index (κ2) is 7.38. The molecule has 1 atom stereocenters. The number of hydrogen-bond acceptors (Lipinski definition) is 3. The highest BCUT2D eigenvalue weighted by Crippen LogP contribution is 2.12. The number of benzene rings is 1. The summed E-state index contributed by atoms with van der Waals surface area (Å²) in [5.74, 6) is -1.09. The molecule has 0 aliphatic rings. The lowest BCUT2D eigenvalue weighted by atomic mass is 10.1. The van der Waals surface area contributed by atoms with Crippen molar-refractivity contribution in [3.8, 4) is 0 Å². The molecule has 0 saturated heterocycles. The van der Waals surface area contributed by atoms with Crippen LogP contribution in [-0.4, -0.2) is 49.2 Å². The van der Waals surface area contributed by atoms with Crippen molar-refractivity contribution in [3.05, 3.63) is 35.9 Å². The fourth-order valence-corrected chi connectivity index (χ4v) is 1.51. The van der Waals surface area contributed by atoms with Crippen molar-refractivity contribution in [3.63, 3.8) is 0 Å². The standard InChI is InChI=1S/C13H19N3O3/c1-16(2)9-8-14-13(19)15-11(12(17)18)10-6-4-3-5-7-10/h3-7,11H,8-9H2,1-2H3,(H,17,18)(H2,14,15,19). The lowest BCUT2D eigenvalue weighted by Crippen LogP contribution is -2.42. The minimum atomic E-state index is -1.09. The maximum Gasteiger partial charge on any atom is 0.330 e. The number of carboxylic acids is 1. The maximum atomic E-state index is 11.6. The van der Waals surface area contributed by atoms with Gasteiger partial charge in [0.15, 0.2) is 6.04 Å². The van der Waals surface area contributed by atoms with Crippen LogP contribution in [0.3, 0.4) is 0 Å². The van der Waals surface area contributed by atoms with Gasteiger partial charge in [-0.05, 0) is 19.7 Å². The van der Waals surface area contributed by atoms with E-state index in [1.807, 2.05) is 19.0 Å². The van der Waals surface area contributed by atoms with Crippen LogP contribution >= 0.6 is 0 Å². The predicted molar refractivity (Wildman–Crippen MR) is 71.9 cm³/mol. The molecule has 3 N–H and O–H groups in total. The molecule has 0 saturated carbocycles. The molecule has 1 aromatic carbocycles. The summed E-state index contributed by atoms with van der Waals surface area (Å²) in [7, 11) is 3.78.